The maximum atomic E-state index is 4.56. The van der Waals surface area contributed by atoms with Crippen molar-refractivity contribution in [2.75, 3.05) is 26.0 Å². The zero-order chi connectivity index (χ0) is 16.7. The van der Waals surface area contributed by atoms with Gasteiger partial charge in [0.1, 0.15) is 0 Å². The van der Waals surface area contributed by atoms with Crippen LogP contribution < -0.4 is 15.5 Å². The summed E-state index contributed by atoms with van der Waals surface area (Å²) in [6.45, 7) is 3.61. The summed E-state index contributed by atoms with van der Waals surface area (Å²) in [6, 6.07) is 8.48. The van der Waals surface area contributed by atoms with Gasteiger partial charge in [-0.2, -0.15) is 0 Å². The zero-order valence-corrected chi connectivity index (χ0v) is 15.1. The zero-order valence-electron chi connectivity index (χ0n) is 14.3. The molecule has 1 aromatic carbocycles. The number of hydrogen-bond donors (Lipinski definition) is 2. The Morgan fingerprint density at radius 1 is 1.17 bits per heavy atom. The number of thiazole rings is 1. The molecule has 0 saturated carbocycles. The molecule has 0 radical (unpaired) electrons. The fourth-order valence-corrected chi connectivity index (χ4v) is 2.99. The topological polar surface area (TPSA) is 52.6 Å². The number of rotatable bonds is 6. The average Bonchev–Trinajstić information content (AvgIpc) is 3.04. The summed E-state index contributed by atoms with van der Waals surface area (Å²) < 4.78 is 0. The van der Waals surface area contributed by atoms with Gasteiger partial charge in [0.15, 0.2) is 11.1 Å². The monoisotopic (exact) mass is 331 g/mol. The highest BCUT2D eigenvalue weighted by molar-refractivity contribution is 7.13. The standard InChI is InChI=1S/C17H25N5S/c1-5-13-8-6-7-9-14(13)10-19-16(18-2)20-11-15-12-23-17(21-15)22(3)4/h6-9,12H,5,10-11H2,1-4H3,(H2,18,19,20). The van der Waals surface area contributed by atoms with E-state index in [0.717, 1.165) is 29.8 Å². The lowest BCUT2D eigenvalue weighted by Gasteiger charge is -2.13. The first kappa shape index (κ1) is 17.3. The molecule has 0 aliphatic carbocycles. The van der Waals surface area contributed by atoms with E-state index in [2.05, 4.69) is 57.2 Å². The molecule has 6 heteroatoms. The molecule has 1 heterocycles. The summed E-state index contributed by atoms with van der Waals surface area (Å²) in [5.41, 5.74) is 3.70. The van der Waals surface area contributed by atoms with Gasteiger partial charge in [0.25, 0.3) is 0 Å². The van der Waals surface area contributed by atoms with Gasteiger partial charge >= 0.3 is 0 Å². The minimum atomic E-state index is 0.666. The van der Waals surface area contributed by atoms with Gasteiger partial charge < -0.3 is 15.5 Å². The van der Waals surface area contributed by atoms with Crippen molar-refractivity contribution in [2.45, 2.75) is 26.4 Å². The summed E-state index contributed by atoms with van der Waals surface area (Å²) in [7, 11) is 5.79. The molecule has 0 bridgehead atoms. The number of aliphatic imine (C=N–C) groups is 1. The fraction of sp³-hybridized carbons (Fsp3) is 0.412. The number of benzene rings is 1. The smallest absolute Gasteiger partial charge is 0.191 e. The lowest BCUT2D eigenvalue weighted by molar-refractivity contribution is 0.792. The third-order valence-corrected chi connectivity index (χ3v) is 4.59. The molecule has 0 aliphatic rings. The van der Waals surface area contributed by atoms with Crippen LogP contribution in [0, 0.1) is 0 Å². The molecular formula is C17H25N5S. The van der Waals surface area contributed by atoms with Gasteiger partial charge in [-0.05, 0) is 17.5 Å². The number of nitrogens with one attached hydrogen (secondary N) is 2. The molecule has 5 nitrogen and oxygen atoms in total. The van der Waals surface area contributed by atoms with Crippen molar-refractivity contribution in [3.05, 3.63) is 46.5 Å². The maximum absolute atomic E-state index is 4.56. The number of aryl methyl sites for hydroxylation is 1. The van der Waals surface area contributed by atoms with E-state index in [1.54, 1.807) is 18.4 Å². The van der Waals surface area contributed by atoms with Gasteiger partial charge in [-0.1, -0.05) is 31.2 Å². The SMILES string of the molecule is CCc1ccccc1CNC(=NC)NCc1csc(N(C)C)n1. The van der Waals surface area contributed by atoms with Crippen LogP contribution >= 0.6 is 11.3 Å². The molecule has 23 heavy (non-hydrogen) atoms. The van der Waals surface area contributed by atoms with Crippen molar-refractivity contribution in [1.29, 1.82) is 0 Å². The second-order valence-electron chi connectivity index (χ2n) is 5.42. The van der Waals surface area contributed by atoms with Gasteiger partial charge in [0.2, 0.25) is 0 Å². The van der Waals surface area contributed by atoms with Crippen LogP contribution in [0.2, 0.25) is 0 Å². The maximum Gasteiger partial charge on any atom is 0.191 e. The highest BCUT2D eigenvalue weighted by Gasteiger charge is 2.05. The largest absolute Gasteiger partial charge is 0.354 e. The number of hydrogen-bond acceptors (Lipinski definition) is 4. The van der Waals surface area contributed by atoms with Crippen LogP contribution in [0.15, 0.2) is 34.6 Å². The van der Waals surface area contributed by atoms with Crippen molar-refractivity contribution in [2.24, 2.45) is 4.99 Å². The van der Waals surface area contributed by atoms with Crippen LogP contribution in [-0.2, 0) is 19.5 Å². The lowest BCUT2D eigenvalue weighted by Crippen LogP contribution is -2.36. The molecule has 0 spiro atoms. The number of aromatic nitrogens is 1. The molecule has 0 fully saturated rings. The highest BCUT2D eigenvalue weighted by Crippen LogP contribution is 2.17. The molecule has 0 aliphatic heterocycles. The molecule has 2 N–H and O–H groups in total. The Hall–Kier alpha value is -2.08. The molecular weight excluding hydrogens is 306 g/mol. The van der Waals surface area contributed by atoms with Crippen LogP contribution in [0.4, 0.5) is 5.13 Å². The van der Waals surface area contributed by atoms with E-state index < -0.39 is 0 Å². The fourth-order valence-electron chi connectivity index (χ4n) is 2.23. The van der Waals surface area contributed by atoms with Crippen molar-refractivity contribution in [1.82, 2.24) is 15.6 Å². The summed E-state index contributed by atoms with van der Waals surface area (Å²) in [4.78, 5) is 10.9. The molecule has 0 atom stereocenters. The van der Waals surface area contributed by atoms with E-state index in [4.69, 9.17) is 0 Å². The second-order valence-corrected chi connectivity index (χ2v) is 6.25. The average molecular weight is 331 g/mol. The predicted octanol–water partition coefficient (Wildman–Crippen LogP) is 2.64. The Morgan fingerprint density at radius 3 is 2.48 bits per heavy atom. The van der Waals surface area contributed by atoms with E-state index in [-0.39, 0.29) is 0 Å². The molecule has 0 saturated heterocycles. The minimum absolute atomic E-state index is 0.666. The number of anilines is 1. The molecule has 0 amide bonds. The Kier molecular flexibility index (Phi) is 6.40. The summed E-state index contributed by atoms with van der Waals surface area (Å²) in [5, 5.41) is 9.76. The van der Waals surface area contributed by atoms with Crippen molar-refractivity contribution < 1.29 is 0 Å². The van der Waals surface area contributed by atoms with Crippen molar-refractivity contribution >= 4 is 22.4 Å². The molecule has 1 aromatic heterocycles. The first-order valence-electron chi connectivity index (χ1n) is 7.77. The Balaban J connectivity index is 1.88. The Labute approximate surface area is 142 Å². The first-order valence-corrected chi connectivity index (χ1v) is 8.65. The van der Waals surface area contributed by atoms with Crippen LogP contribution in [0.5, 0.6) is 0 Å². The van der Waals surface area contributed by atoms with Crippen LogP contribution in [0.25, 0.3) is 0 Å². The van der Waals surface area contributed by atoms with E-state index in [0.29, 0.717) is 6.54 Å². The molecule has 2 aromatic rings. The van der Waals surface area contributed by atoms with Gasteiger partial charge in [0, 0.05) is 33.1 Å². The molecule has 2 rings (SSSR count). The van der Waals surface area contributed by atoms with Crippen molar-refractivity contribution in [3.63, 3.8) is 0 Å². The quantitative estimate of drug-likeness (QED) is 0.631. The van der Waals surface area contributed by atoms with Crippen LogP contribution in [0.3, 0.4) is 0 Å². The normalized spacial score (nSPS) is 11.4. The number of nitrogens with zero attached hydrogens (tertiary/aromatic N) is 3. The summed E-state index contributed by atoms with van der Waals surface area (Å²) in [5.74, 6) is 0.787. The van der Waals surface area contributed by atoms with Gasteiger partial charge in [-0.3, -0.25) is 4.99 Å². The van der Waals surface area contributed by atoms with E-state index in [1.165, 1.54) is 11.1 Å². The minimum Gasteiger partial charge on any atom is -0.354 e. The third-order valence-electron chi connectivity index (χ3n) is 3.53. The number of guanidine groups is 1. The third kappa shape index (κ3) is 4.96. The second kappa shape index (κ2) is 8.53. The van der Waals surface area contributed by atoms with E-state index in [9.17, 15) is 0 Å². The Morgan fingerprint density at radius 2 is 1.87 bits per heavy atom. The van der Waals surface area contributed by atoms with E-state index in [1.807, 2.05) is 19.0 Å². The predicted molar refractivity (Wildman–Crippen MR) is 99.3 cm³/mol. The van der Waals surface area contributed by atoms with E-state index >= 15 is 0 Å². The lowest BCUT2D eigenvalue weighted by atomic mass is 10.1. The van der Waals surface area contributed by atoms with Crippen molar-refractivity contribution in [3.8, 4) is 0 Å². The summed E-state index contributed by atoms with van der Waals surface area (Å²) >= 11 is 1.65. The Bertz CT molecular complexity index is 648. The first-order chi connectivity index (χ1) is 11.1. The van der Waals surface area contributed by atoms with Gasteiger partial charge in [-0.15, -0.1) is 11.3 Å². The van der Waals surface area contributed by atoms with Crippen LogP contribution in [0.1, 0.15) is 23.7 Å². The van der Waals surface area contributed by atoms with Gasteiger partial charge in [0.05, 0.1) is 12.2 Å². The van der Waals surface area contributed by atoms with Crippen LogP contribution in [-0.4, -0.2) is 32.1 Å². The van der Waals surface area contributed by atoms with Gasteiger partial charge in [-0.25, -0.2) is 4.98 Å². The highest BCUT2D eigenvalue weighted by atomic mass is 32.1. The summed E-state index contributed by atoms with van der Waals surface area (Å²) in [6.07, 6.45) is 1.04. The molecule has 0 unspecified atom stereocenters. The molecule has 124 valence electrons.